The minimum atomic E-state index is -0.898. The van der Waals surface area contributed by atoms with E-state index < -0.39 is 11.1 Å². The molecule has 7 nitrogen and oxygen atoms in total. The maximum absolute atomic E-state index is 11.3. The third kappa shape index (κ3) is 5.36. The monoisotopic (exact) mass is 240 g/mol. The van der Waals surface area contributed by atoms with Crippen LogP contribution in [0.2, 0.25) is 0 Å². The number of carbonyl (C=O) groups excluding carboxylic acids is 1. The molecule has 0 heterocycles. The lowest BCUT2D eigenvalue weighted by Crippen LogP contribution is -2.10. The molecule has 0 unspecified atom stereocenters. The van der Waals surface area contributed by atoms with Gasteiger partial charge in [0.05, 0.1) is 6.61 Å². The van der Waals surface area contributed by atoms with Crippen molar-refractivity contribution in [2.24, 2.45) is 0 Å². The lowest BCUT2D eigenvalue weighted by atomic mass is 10.3. The molecule has 0 fully saturated rings. The Kier molecular flexibility index (Phi) is 4.74. The summed E-state index contributed by atoms with van der Waals surface area (Å²) in [7, 11) is 0. The largest absolute Gasteiger partial charge is 0.427 e. The molecule has 0 aliphatic carbocycles. The van der Waals surface area contributed by atoms with Gasteiger partial charge in [0.1, 0.15) is 5.75 Å². The fourth-order valence-electron chi connectivity index (χ4n) is 1.07. The highest BCUT2D eigenvalue weighted by Gasteiger charge is 2.05. The molecule has 0 atom stereocenters. The van der Waals surface area contributed by atoms with E-state index in [2.05, 4.69) is 4.84 Å². The van der Waals surface area contributed by atoms with E-state index in [-0.39, 0.29) is 19.4 Å². The standard InChI is InChI=1S/C10H12N2O5/c11-8-3-5-9(6-4-8)17-10(13)2-1-7-16-12(14)15/h3-6H,1-2,7,11H2. The van der Waals surface area contributed by atoms with Gasteiger partial charge in [-0.25, -0.2) is 0 Å². The third-order valence-electron chi connectivity index (χ3n) is 1.83. The Morgan fingerprint density at radius 3 is 2.59 bits per heavy atom. The second kappa shape index (κ2) is 6.31. The zero-order valence-electron chi connectivity index (χ0n) is 9.00. The molecule has 0 saturated carbocycles. The molecular formula is C10H12N2O5. The summed E-state index contributed by atoms with van der Waals surface area (Å²) in [5.41, 5.74) is 6.04. The Hall–Kier alpha value is -2.31. The summed E-state index contributed by atoms with van der Waals surface area (Å²) in [4.78, 5) is 25.1. The molecule has 0 amide bonds. The van der Waals surface area contributed by atoms with Crippen molar-refractivity contribution in [1.29, 1.82) is 0 Å². The highest BCUT2D eigenvalue weighted by molar-refractivity contribution is 5.72. The van der Waals surface area contributed by atoms with Gasteiger partial charge < -0.3 is 15.3 Å². The van der Waals surface area contributed by atoms with Crippen LogP contribution in [-0.4, -0.2) is 17.7 Å². The molecule has 0 spiro atoms. The van der Waals surface area contributed by atoms with Crippen molar-refractivity contribution in [2.45, 2.75) is 12.8 Å². The van der Waals surface area contributed by atoms with Crippen molar-refractivity contribution in [2.75, 3.05) is 12.3 Å². The Bertz CT molecular complexity index is 390. The number of hydrogen-bond donors (Lipinski definition) is 1. The van der Waals surface area contributed by atoms with Crippen LogP contribution in [-0.2, 0) is 9.63 Å². The molecule has 2 N–H and O–H groups in total. The fraction of sp³-hybridized carbons (Fsp3) is 0.300. The summed E-state index contributed by atoms with van der Waals surface area (Å²) in [6.45, 7) is -0.121. The zero-order chi connectivity index (χ0) is 12.7. The molecule has 92 valence electrons. The Labute approximate surface area is 97.2 Å². The lowest BCUT2D eigenvalue weighted by molar-refractivity contribution is -0.757. The molecule has 1 aromatic carbocycles. The number of nitrogens with zero attached hydrogens (tertiary/aromatic N) is 1. The number of benzene rings is 1. The van der Waals surface area contributed by atoms with Crippen molar-refractivity contribution >= 4 is 11.7 Å². The lowest BCUT2D eigenvalue weighted by Gasteiger charge is -2.04. The highest BCUT2D eigenvalue weighted by Crippen LogP contribution is 2.13. The minimum absolute atomic E-state index is 0.0538. The number of nitrogens with two attached hydrogens (primary N) is 1. The second-order valence-electron chi connectivity index (χ2n) is 3.20. The van der Waals surface area contributed by atoms with Gasteiger partial charge in [-0.2, -0.15) is 0 Å². The number of rotatable bonds is 6. The van der Waals surface area contributed by atoms with Gasteiger partial charge in [-0.1, -0.05) is 0 Å². The van der Waals surface area contributed by atoms with Crippen molar-refractivity contribution in [3.05, 3.63) is 34.4 Å². The van der Waals surface area contributed by atoms with Crippen LogP contribution < -0.4 is 10.5 Å². The van der Waals surface area contributed by atoms with Crippen LogP contribution in [0.1, 0.15) is 12.8 Å². The van der Waals surface area contributed by atoms with Crippen LogP contribution in [0.3, 0.4) is 0 Å². The van der Waals surface area contributed by atoms with Gasteiger partial charge in [0.25, 0.3) is 5.09 Å². The summed E-state index contributed by atoms with van der Waals surface area (Å²) in [5, 5.41) is 8.92. The Balaban J connectivity index is 2.25. The summed E-state index contributed by atoms with van der Waals surface area (Å²) in [6, 6.07) is 6.36. The van der Waals surface area contributed by atoms with Gasteiger partial charge in [0, 0.05) is 12.1 Å². The van der Waals surface area contributed by atoms with E-state index in [0.29, 0.717) is 11.4 Å². The molecule has 0 aliphatic heterocycles. The van der Waals surface area contributed by atoms with Crippen LogP contribution in [0, 0.1) is 10.1 Å². The first-order valence-corrected chi connectivity index (χ1v) is 4.91. The van der Waals surface area contributed by atoms with Crippen molar-refractivity contribution in [1.82, 2.24) is 0 Å². The first-order valence-electron chi connectivity index (χ1n) is 4.91. The Morgan fingerprint density at radius 1 is 1.35 bits per heavy atom. The average Bonchev–Trinajstić information content (AvgIpc) is 2.27. The van der Waals surface area contributed by atoms with Crippen molar-refractivity contribution < 1.29 is 19.5 Å². The van der Waals surface area contributed by atoms with Gasteiger partial charge in [-0.15, -0.1) is 10.1 Å². The SMILES string of the molecule is Nc1ccc(OC(=O)CCCO[N+](=O)[O-])cc1. The predicted octanol–water partition coefficient (Wildman–Crippen LogP) is 1.16. The Morgan fingerprint density at radius 2 is 2.00 bits per heavy atom. The van der Waals surface area contributed by atoms with Crippen LogP contribution in [0.5, 0.6) is 5.75 Å². The van der Waals surface area contributed by atoms with Crippen LogP contribution >= 0.6 is 0 Å². The molecule has 0 radical (unpaired) electrons. The van der Waals surface area contributed by atoms with E-state index in [1.165, 1.54) is 0 Å². The molecule has 17 heavy (non-hydrogen) atoms. The quantitative estimate of drug-likeness (QED) is 0.200. The number of carbonyl (C=O) groups is 1. The zero-order valence-corrected chi connectivity index (χ0v) is 9.00. The molecular weight excluding hydrogens is 228 g/mol. The van der Waals surface area contributed by atoms with Gasteiger partial charge in [-0.3, -0.25) is 4.79 Å². The summed E-state index contributed by atoms with van der Waals surface area (Å²) < 4.78 is 4.96. The highest BCUT2D eigenvalue weighted by atomic mass is 16.9. The number of anilines is 1. The van der Waals surface area contributed by atoms with E-state index in [9.17, 15) is 14.9 Å². The molecule has 0 aromatic heterocycles. The van der Waals surface area contributed by atoms with Crippen molar-refractivity contribution in [3.63, 3.8) is 0 Å². The van der Waals surface area contributed by atoms with Crippen LogP contribution in [0.25, 0.3) is 0 Å². The fourth-order valence-corrected chi connectivity index (χ4v) is 1.07. The smallest absolute Gasteiger partial charge is 0.311 e. The molecule has 1 aromatic rings. The second-order valence-corrected chi connectivity index (χ2v) is 3.20. The third-order valence-corrected chi connectivity index (χ3v) is 1.83. The molecule has 0 aliphatic rings. The molecule has 0 saturated heterocycles. The first kappa shape index (κ1) is 12.8. The number of nitrogen functional groups attached to an aromatic ring is 1. The van der Waals surface area contributed by atoms with Crippen molar-refractivity contribution in [3.8, 4) is 5.75 Å². The maximum Gasteiger partial charge on any atom is 0.311 e. The van der Waals surface area contributed by atoms with Crippen LogP contribution in [0.4, 0.5) is 5.69 Å². The van der Waals surface area contributed by atoms with Gasteiger partial charge >= 0.3 is 5.97 Å². The predicted molar refractivity (Wildman–Crippen MR) is 58.7 cm³/mol. The molecule has 7 heteroatoms. The normalized spacial score (nSPS) is 9.65. The summed E-state index contributed by atoms with van der Waals surface area (Å²) >= 11 is 0. The average molecular weight is 240 g/mol. The van der Waals surface area contributed by atoms with Gasteiger partial charge in [0.15, 0.2) is 0 Å². The van der Waals surface area contributed by atoms with E-state index in [1.54, 1.807) is 24.3 Å². The van der Waals surface area contributed by atoms with E-state index in [0.717, 1.165) is 0 Å². The molecule has 1 rings (SSSR count). The van der Waals surface area contributed by atoms with Crippen LogP contribution in [0.15, 0.2) is 24.3 Å². The summed E-state index contributed by atoms with van der Waals surface area (Å²) in [5.74, 6) is -0.0823. The summed E-state index contributed by atoms with van der Waals surface area (Å²) in [6.07, 6.45) is 0.285. The molecule has 0 bridgehead atoms. The van der Waals surface area contributed by atoms with Gasteiger partial charge in [0.2, 0.25) is 0 Å². The van der Waals surface area contributed by atoms with Gasteiger partial charge in [-0.05, 0) is 30.7 Å². The first-order chi connectivity index (χ1) is 8.08. The van der Waals surface area contributed by atoms with E-state index in [1.807, 2.05) is 0 Å². The maximum atomic E-state index is 11.3. The topological polar surface area (TPSA) is 105 Å². The van der Waals surface area contributed by atoms with E-state index in [4.69, 9.17) is 10.5 Å². The minimum Gasteiger partial charge on any atom is -0.427 e. The number of ether oxygens (including phenoxy) is 1. The number of hydrogen-bond acceptors (Lipinski definition) is 6. The van der Waals surface area contributed by atoms with E-state index >= 15 is 0 Å². The number of esters is 1.